The molecule has 1 aliphatic carbocycles. The molecule has 0 saturated heterocycles. The molecule has 2 N–H and O–H groups in total. The van der Waals surface area contributed by atoms with Gasteiger partial charge in [-0.25, -0.2) is 9.78 Å². The van der Waals surface area contributed by atoms with E-state index < -0.39 is 5.97 Å². The first-order valence-corrected chi connectivity index (χ1v) is 9.42. The third kappa shape index (κ3) is 4.69. The summed E-state index contributed by atoms with van der Waals surface area (Å²) in [5.74, 6) is 1.02. The monoisotopic (exact) mass is 353 g/mol. The van der Waals surface area contributed by atoms with E-state index in [1.54, 1.807) is 12.3 Å². The molecule has 1 heterocycles. The third-order valence-electron chi connectivity index (χ3n) is 4.47. The Bertz CT molecular complexity index is 585. The summed E-state index contributed by atoms with van der Waals surface area (Å²) in [4.78, 5) is 22.2. The Morgan fingerprint density at radius 1 is 1.50 bits per heavy atom. The first-order valence-electron chi connectivity index (χ1n) is 8.54. The fourth-order valence-corrected chi connectivity index (χ4v) is 3.69. The van der Waals surface area contributed by atoms with Crippen LogP contribution in [0.2, 0.25) is 0 Å². The third-order valence-corrected chi connectivity index (χ3v) is 5.15. The average Bonchev–Trinajstić information content (AvgIpc) is 2.94. The number of thiazole rings is 1. The van der Waals surface area contributed by atoms with Gasteiger partial charge in [-0.05, 0) is 31.6 Å². The quantitative estimate of drug-likeness (QED) is 0.481. The second-order valence-corrected chi connectivity index (χ2v) is 7.59. The van der Waals surface area contributed by atoms with Gasteiger partial charge in [0.1, 0.15) is 11.8 Å². The van der Waals surface area contributed by atoms with Crippen molar-refractivity contribution in [2.45, 2.75) is 53.1 Å². The molecule has 1 saturated carbocycles. The van der Waals surface area contributed by atoms with Crippen LogP contribution in [-0.4, -0.2) is 29.4 Å². The van der Waals surface area contributed by atoms with Crippen LogP contribution < -0.4 is 5.73 Å². The Kier molecular flexibility index (Phi) is 6.60. The van der Waals surface area contributed by atoms with Gasteiger partial charge in [-0.2, -0.15) is 0 Å². The zero-order valence-corrected chi connectivity index (χ0v) is 15.6. The van der Waals surface area contributed by atoms with E-state index in [9.17, 15) is 4.79 Å². The van der Waals surface area contributed by atoms with Crippen LogP contribution in [0, 0.1) is 17.8 Å². The zero-order chi connectivity index (χ0) is 17.7. The number of nitrogen functional groups attached to an aromatic ring is 1. The van der Waals surface area contributed by atoms with E-state index in [1.165, 1.54) is 17.8 Å². The van der Waals surface area contributed by atoms with Gasteiger partial charge < -0.3 is 15.3 Å². The summed E-state index contributed by atoms with van der Waals surface area (Å²) >= 11 is 1.26. The van der Waals surface area contributed by atoms with Crippen LogP contribution in [0.5, 0.6) is 0 Å². The number of nitrogens with two attached hydrogens (primary N) is 1. The van der Waals surface area contributed by atoms with Crippen LogP contribution in [0.4, 0.5) is 5.13 Å². The van der Waals surface area contributed by atoms with Gasteiger partial charge in [0.15, 0.2) is 5.13 Å². The molecule has 1 aromatic heterocycles. The maximum absolute atomic E-state index is 12.2. The van der Waals surface area contributed by atoms with Crippen molar-refractivity contribution < 1.29 is 14.4 Å². The molecule has 1 fully saturated rings. The van der Waals surface area contributed by atoms with Crippen molar-refractivity contribution in [3.05, 3.63) is 11.1 Å². The number of rotatable bonds is 6. The minimum absolute atomic E-state index is 0.00848. The molecule has 0 aromatic carbocycles. The summed E-state index contributed by atoms with van der Waals surface area (Å²) in [6, 6.07) is 0. The Labute approximate surface area is 147 Å². The Morgan fingerprint density at radius 2 is 2.25 bits per heavy atom. The van der Waals surface area contributed by atoms with E-state index >= 15 is 0 Å². The van der Waals surface area contributed by atoms with Gasteiger partial charge in [0.2, 0.25) is 5.71 Å². The Balaban J connectivity index is 2.20. The van der Waals surface area contributed by atoms with Crippen LogP contribution in [0.1, 0.15) is 52.7 Å². The van der Waals surface area contributed by atoms with Crippen molar-refractivity contribution in [3.8, 4) is 0 Å². The van der Waals surface area contributed by atoms with Gasteiger partial charge in [-0.3, -0.25) is 0 Å². The Hall–Kier alpha value is -1.63. The maximum atomic E-state index is 12.2. The van der Waals surface area contributed by atoms with Crippen molar-refractivity contribution in [3.63, 3.8) is 0 Å². The van der Waals surface area contributed by atoms with Gasteiger partial charge >= 0.3 is 5.97 Å². The largest absolute Gasteiger partial charge is 0.461 e. The highest BCUT2D eigenvalue weighted by Crippen LogP contribution is 2.35. The van der Waals surface area contributed by atoms with E-state index in [0.717, 1.165) is 12.8 Å². The van der Waals surface area contributed by atoms with Crippen LogP contribution in [-0.2, 0) is 14.4 Å². The fraction of sp³-hybridized carbons (Fsp3) is 0.706. The van der Waals surface area contributed by atoms with E-state index in [-0.39, 0.29) is 18.4 Å². The zero-order valence-electron chi connectivity index (χ0n) is 14.8. The summed E-state index contributed by atoms with van der Waals surface area (Å²) in [6.45, 7) is 8.65. The summed E-state index contributed by atoms with van der Waals surface area (Å²) < 4.78 is 5.08. The number of carbonyl (C=O) groups excluding carboxylic acids is 1. The van der Waals surface area contributed by atoms with Crippen LogP contribution in [0.3, 0.4) is 0 Å². The first-order chi connectivity index (χ1) is 11.4. The molecule has 134 valence electrons. The summed E-state index contributed by atoms with van der Waals surface area (Å²) in [5.41, 5.74) is 6.16. The lowest BCUT2D eigenvalue weighted by Crippen LogP contribution is -2.34. The number of ether oxygens (including phenoxy) is 1. The number of esters is 1. The van der Waals surface area contributed by atoms with Gasteiger partial charge in [-0.1, -0.05) is 32.3 Å². The summed E-state index contributed by atoms with van der Waals surface area (Å²) in [5, 5.41) is 6.22. The molecular formula is C17H27N3O3S. The molecule has 2 rings (SSSR count). The number of hydrogen-bond acceptors (Lipinski definition) is 7. The lowest BCUT2D eigenvalue weighted by Gasteiger charge is -2.35. The van der Waals surface area contributed by atoms with Crippen LogP contribution >= 0.6 is 11.3 Å². The van der Waals surface area contributed by atoms with Crippen LogP contribution in [0.25, 0.3) is 0 Å². The molecular weight excluding hydrogens is 326 g/mol. The Morgan fingerprint density at radius 3 is 2.83 bits per heavy atom. The molecule has 24 heavy (non-hydrogen) atoms. The molecule has 0 amide bonds. The van der Waals surface area contributed by atoms with Crippen molar-refractivity contribution in [1.82, 2.24) is 4.98 Å². The van der Waals surface area contributed by atoms with Crippen molar-refractivity contribution >= 4 is 28.1 Å². The number of oxime groups is 1. The normalized spacial score (nSPS) is 24.9. The molecule has 0 bridgehead atoms. The molecule has 7 heteroatoms. The maximum Gasteiger partial charge on any atom is 0.362 e. The molecule has 3 atom stereocenters. The highest BCUT2D eigenvalue weighted by molar-refractivity contribution is 7.13. The molecule has 6 nitrogen and oxygen atoms in total. The number of hydrogen-bond donors (Lipinski definition) is 1. The predicted octanol–water partition coefficient (Wildman–Crippen LogP) is 3.47. The molecule has 0 spiro atoms. The fourth-order valence-electron chi connectivity index (χ4n) is 3.14. The molecule has 0 aliphatic heterocycles. The number of carbonyl (C=O) groups is 1. The smallest absolute Gasteiger partial charge is 0.362 e. The number of anilines is 1. The molecule has 1 aliphatic rings. The second kappa shape index (κ2) is 8.46. The van der Waals surface area contributed by atoms with Gasteiger partial charge in [0, 0.05) is 11.3 Å². The minimum atomic E-state index is -0.534. The van der Waals surface area contributed by atoms with Crippen molar-refractivity contribution in [1.29, 1.82) is 0 Å². The van der Waals surface area contributed by atoms with Crippen molar-refractivity contribution in [2.75, 3.05) is 12.3 Å². The lowest BCUT2D eigenvalue weighted by atomic mass is 9.75. The van der Waals surface area contributed by atoms with E-state index in [2.05, 4.69) is 30.9 Å². The molecule has 0 unspecified atom stereocenters. The number of nitrogens with zero attached hydrogens (tertiary/aromatic N) is 2. The summed E-state index contributed by atoms with van der Waals surface area (Å²) in [6.07, 6.45) is 3.29. The van der Waals surface area contributed by atoms with Crippen LogP contribution in [0.15, 0.2) is 10.5 Å². The topological polar surface area (TPSA) is 86.8 Å². The average molecular weight is 353 g/mol. The molecule has 1 aromatic rings. The highest BCUT2D eigenvalue weighted by atomic mass is 32.1. The standard InChI is InChI=1S/C17H27N3O3S/c1-5-22-16(21)15(13-9-24-17(18)19-13)20-23-14-8-11(4)6-7-12(14)10(2)3/h9-12,14H,5-8H2,1-4H3,(H2,18,19)/b20-15+/t11-,12+,14+/m0/s1. The molecule has 0 radical (unpaired) electrons. The second-order valence-electron chi connectivity index (χ2n) is 6.70. The summed E-state index contributed by atoms with van der Waals surface area (Å²) in [7, 11) is 0. The first kappa shape index (κ1) is 18.7. The van der Waals surface area contributed by atoms with E-state index in [0.29, 0.717) is 28.6 Å². The van der Waals surface area contributed by atoms with Crippen molar-refractivity contribution in [2.24, 2.45) is 22.9 Å². The van der Waals surface area contributed by atoms with Gasteiger partial charge in [0.25, 0.3) is 0 Å². The highest BCUT2D eigenvalue weighted by Gasteiger charge is 2.33. The van der Waals surface area contributed by atoms with Gasteiger partial charge in [0.05, 0.1) is 6.61 Å². The predicted molar refractivity (Wildman–Crippen MR) is 95.9 cm³/mol. The lowest BCUT2D eigenvalue weighted by molar-refractivity contribution is -0.135. The SMILES string of the molecule is CCOC(=O)/C(=N/O[C@@H]1C[C@@H](C)CC[C@@H]1C(C)C)c1csc(N)n1. The van der Waals surface area contributed by atoms with E-state index in [4.69, 9.17) is 15.3 Å². The van der Waals surface area contributed by atoms with Gasteiger partial charge in [-0.15, -0.1) is 11.3 Å². The number of aromatic nitrogens is 1. The van der Waals surface area contributed by atoms with E-state index in [1.807, 2.05) is 0 Å². The minimum Gasteiger partial charge on any atom is -0.461 e.